The molecular formula is C16H28O6. The summed E-state index contributed by atoms with van der Waals surface area (Å²) in [5.41, 5.74) is -1.03. The van der Waals surface area contributed by atoms with Gasteiger partial charge < -0.3 is 9.47 Å². The van der Waals surface area contributed by atoms with Crippen molar-refractivity contribution in [2.24, 2.45) is 0 Å². The molecule has 0 radical (unpaired) electrons. The third-order valence-corrected chi connectivity index (χ3v) is 2.26. The van der Waals surface area contributed by atoms with Gasteiger partial charge >= 0.3 is 11.9 Å². The lowest BCUT2D eigenvalue weighted by molar-refractivity contribution is -0.399. The molecule has 0 aliphatic heterocycles. The molecule has 1 atom stereocenters. The molecule has 0 heterocycles. The van der Waals surface area contributed by atoms with Gasteiger partial charge in [0.25, 0.3) is 0 Å². The minimum Gasteiger partial charge on any atom is -0.463 e. The predicted molar refractivity (Wildman–Crippen MR) is 81.9 cm³/mol. The van der Waals surface area contributed by atoms with Crippen molar-refractivity contribution in [3.63, 3.8) is 0 Å². The van der Waals surface area contributed by atoms with Crippen LogP contribution in [-0.2, 0) is 28.8 Å². The Morgan fingerprint density at radius 2 is 1.55 bits per heavy atom. The zero-order valence-corrected chi connectivity index (χ0v) is 14.6. The lowest BCUT2D eigenvalue weighted by Gasteiger charge is -2.30. The van der Waals surface area contributed by atoms with Crippen molar-refractivity contribution in [1.82, 2.24) is 0 Å². The van der Waals surface area contributed by atoms with Crippen molar-refractivity contribution in [2.45, 2.75) is 72.2 Å². The maximum Gasteiger partial charge on any atom is 0.331 e. The molecule has 0 aromatic heterocycles. The van der Waals surface area contributed by atoms with Crippen molar-refractivity contribution in [3.8, 4) is 0 Å². The summed E-state index contributed by atoms with van der Waals surface area (Å²) in [5.74, 6) is -1.18. The second-order valence-electron chi connectivity index (χ2n) is 6.58. The maximum atomic E-state index is 11.6. The number of hydrogen-bond acceptors (Lipinski definition) is 6. The van der Waals surface area contributed by atoms with Gasteiger partial charge in [-0.1, -0.05) is 0 Å². The largest absolute Gasteiger partial charge is 0.463 e. The number of carbonyl (C=O) groups is 2. The van der Waals surface area contributed by atoms with Gasteiger partial charge in [-0.3, -0.25) is 0 Å². The molecule has 0 aliphatic carbocycles. The number of rotatable bonds is 8. The number of ether oxygens (including phenoxy) is 2. The van der Waals surface area contributed by atoms with E-state index < -0.39 is 29.2 Å². The van der Waals surface area contributed by atoms with Crippen LogP contribution in [-0.4, -0.2) is 35.9 Å². The Morgan fingerprint density at radius 3 is 2.05 bits per heavy atom. The van der Waals surface area contributed by atoms with Gasteiger partial charge in [0.15, 0.2) is 0 Å². The maximum absolute atomic E-state index is 11.6. The van der Waals surface area contributed by atoms with Crippen LogP contribution in [0.5, 0.6) is 0 Å². The highest BCUT2D eigenvalue weighted by molar-refractivity contribution is 5.91. The molecule has 0 aromatic carbocycles. The molecule has 0 fully saturated rings. The third kappa shape index (κ3) is 11.3. The van der Waals surface area contributed by atoms with Crippen molar-refractivity contribution in [2.75, 3.05) is 6.61 Å². The van der Waals surface area contributed by atoms with E-state index >= 15 is 0 Å². The van der Waals surface area contributed by atoms with E-state index in [1.165, 1.54) is 0 Å². The van der Waals surface area contributed by atoms with E-state index in [1.54, 1.807) is 13.8 Å². The molecule has 0 amide bonds. The first kappa shape index (κ1) is 20.6. The standard InChI is InChI=1S/C16H28O6/c1-8-19-13(17)9-10-14(18)20-12(2)11-16(6,7)22-21-15(3,4)5/h9-10,12H,8,11H2,1-7H3/b10-9+. The topological polar surface area (TPSA) is 71.1 Å². The number of hydrogen-bond donors (Lipinski definition) is 0. The Balaban J connectivity index is 4.28. The average molecular weight is 316 g/mol. The normalized spacial score (nSPS) is 14.0. The van der Waals surface area contributed by atoms with Crippen molar-refractivity contribution in [1.29, 1.82) is 0 Å². The Bertz CT molecular complexity index is 392. The molecule has 0 rings (SSSR count). The van der Waals surface area contributed by atoms with E-state index in [1.807, 2.05) is 34.6 Å². The van der Waals surface area contributed by atoms with Crippen LogP contribution in [0.15, 0.2) is 12.2 Å². The van der Waals surface area contributed by atoms with Gasteiger partial charge in [0, 0.05) is 18.6 Å². The van der Waals surface area contributed by atoms with Crippen molar-refractivity contribution in [3.05, 3.63) is 12.2 Å². The Kier molecular flexibility index (Phi) is 8.34. The second kappa shape index (κ2) is 8.90. The van der Waals surface area contributed by atoms with Crippen LogP contribution in [0.25, 0.3) is 0 Å². The van der Waals surface area contributed by atoms with E-state index in [4.69, 9.17) is 14.5 Å². The van der Waals surface area contributed by atoms with E-state index in [0.717, 1.165) is 12.2 Å². The molecule has 0 N–H and O–H groups in total. The highest BCUT2D eigenvalue weighted by Crippen LogP contribution is 2.22. The van der Waals surface area contributed by atoms with Crippen molar-refractivity contribution < 1.29 is 28.8 Å². The SMILES string of the molecule is CCOC(=O)/C=C/C(=O)OC(C)CC(C)(C)OOC(C)(C)C. The third-order valence-electron chi connectivity index (χ3n) is 2.26. The smallest absolute Gasteiger partial charge is 0.331 e. The molecule has 0 bridgehead atoms. The predicted octanol–water partition coefficient (Wildman–Crippen LogP) is 2.95. The lowest BCUT2D eigenvalue weighted by atomic mass is 10.0. The van der Waals surface area contributed by atoms with E-state index in [2.05, 4.69) is 4.74 Å². The molecule has 6 nitrogen and oxygen atoms in total. The van der Waals surface area contributed by atoms with Gasteiger partial charge in [-0.2, -0.15) is 0 Å². The molecule has 6 heteroatoms. The fourth-order valence-electron chi connectivity index (χ4n) is 1.57. The Labute approximate surface area is 132 Å². The lowest BCUT2D eigenvalue weighted by Crippen LogP contribution is -2.34. The summed E-state index contributed by atoms with van der Waals surface area (Å²) in [6, 6.07) is 0. The first-order valence-electron chi connectivity index (χ1n) is 7.37. The first-order valence-corrected chi connectivity index (χ1v) is 7.37. The van der Waals surface area contributed by atoms with Crippen LogP contribution in [0, 0.1) is 0 Å². The first-order chi connectivity index (χ1) is 9.95. The summed E-state index contributed by atoms with van der Waals surface area (Å²) in [7, 11) is 0. The summed E-state index contributed by atoms with van der Waals surface area (Å²) < 4.78 is 9.85. The molecule has 22 heavy (non-hydrogen) atoms. The van der Waals surface area contributed by atoms with Crippen LogP contribution in [0.3, 0.4) is 0 Å². The van der Waals surface area contributed by atoms with Crippen LogP contribution < -0.4 is 0 Å². The Morgan fingerprint density at radius 1 is 1.00 bits per heavy atom. The summed E-state index contributed by atoms with van der Waals surface area (Å²) >= 11 is 0. The fraction of sp³-hybridized carbons (Fsp3) is 0.750. The number of esters is 2. The van der Waals surface area contributed by atoms with Crippen LogP contribution in [0.4, 0.5) is 0 Å². The van der Waals surface area contributed by atoms with Gasteiger partial charge in [-0.15, -0.1) is 0 Å². The molecule has 0 saturated carbocycles. The fourth-order valence-corrected chi connectivity index (χ4v) is 1.57. The van der Waals surface area contributed by atoms with Gasteiger partial charge in [0.05, 0.1) is 12.2 Å². The van der Waals surface area contributed by atoms with Gasteiger partial charge in [-0.25, -0.2) is 19.4 Å². The van der Waals surface area contributed by atoms with Crippen LogP contribution >= 0.6 is 0 Å². The summed E-state index contributed by atoms with van der Waals surface area (Å²) in [4.78, 5) is 33.3. The summed E-state index contributed by atoms with van der Waals surface area (Å²) in [5, 5.41) is 0. The molecule has 0 aromatic rings. The average Bonchev–Trinajstić information content (AvgIpc) is 2.33. The molecule has 0 spiro atoms. The van der Waals surface area contributed by atoms with Gasteiger partial charge in [-0.05, 0) is 48.5 Å². The Hall–Kier alpha value is -1.40. The zero-order valence-electron chi connectivity index (χ0n) is 14.6. The summed E-state index contributed by atoms with van der Waals surface area (Å²) in [6.45, 7) is 13.0. The molecular weight excluding hydrogens is 288 g/mol. The molecule has 0 saturated heterocycles. The minimum absolute atomic E-state index is 0.258. The number of carbonyl (C=O) groups excluding carboxylic acids is 2. The van der Waals surface area contributed by atoms with Crippen LogP contribution in [0.2, 0.25) is 0 Å². The molecule has 128 valence electrons. The monoisotopic (exact) mass is 316 g/mol. The van der Waals surface area contributed by atoms with E-state index in [-0.39, 0.29) is 6.61 Å². The minimum atomic E-state index is -0.613. The van der Waals surface area contributed by atoms with Crippen molar-refractivity contribution >= 4 is 11.9 Å². The summed E-state index contributed by atoms with van der Waals surface area (Å²) in [6.07, 6.45) is 2.15. The second-order valence-corrected chi connectivity index (χ2v) is 6.58. The zero-order chi connectivity index (χ0) is 17.4. The van der Waals surface area contributed by atoms with Gasteiger partial charge in [0.1, 0.15) is 11.7 Å². The quantitative estimate of drug-likeness (QED) is 0.297. The molecule has 1 unspecified atom stereocenters. The highest BCUT2D eigenvalue weighted by Gasteiger charge is 2.27. The van der Waals surface area contributed by atoms with E-state index in [9.17, 15) is 9.59 Å². The van der Waals surface area contributed by atoms with Gasteiger partial charge in [0.2, 0.25) is 0 Å². The highest BCUT2D eigenvalue weighted by atomic mass is 17.2. The van der Waals surface area contributed by atoms with E-state index in [0.29, 0.717) is 6.42 Å². The molecule has 0 aliphatic rings. The van der Waals surface area contributed by atoms with Crippen LogP contribution in [0.1, 0.15) is 54.9 Å².